The normalized spacial score (nSPS) is 14.7. The number of amides is 1. The summed E-state index contributed by atoms with van der Waals surface area (Å²) in [5.41, 5.74) is 4.09. The number of likely N-dealkylation sites (N-methyl/N-ethyl adjacent to an activating group) is 1. The number of rotatable bonds is 3. The van der Waals surface area contributed by atoms with Gasteiger partial charge >= 0.3 is 0 Å². The molecule has 1 aromatic carbocycles. The molecule has 0 saturated carbocycles. The van der Waals surface area contributed by atoms with Crippen molar-refractivity contribution in [2.75, 3.05) is 24.5 Å². The van der Waals surface area contributed by atoms with Crippen molar-refractivity contribution < 1.29 is 4.79 Å². The van der Waals surface area contributed by atoms with Crippen molar-refractivity contribution in [3.63, 3.8) is 0 Å². The van der Waals surface area contributed by atoms with Crippen LogP contribution >= 0.6 is 0 Å². The van der Waals surface area contributed by atoms with Gasteiger partial charge in [-0.15, -0.1) is 0 Å². The van der Waals surface area contributed by atoms with Crippen LogP contribution in [0, 0.1) is 6.92 Å². The molecule has 4 heteroatoms. The standard InChI is InChI=1S/C18H21N3O/c1-3-20-10-11-21(13-15-6-4-14(2)5-7-15)18(22)16-12-19-9-8-17(16)20/h4-9,12H,3,10-11,13H2,1-2H3. The van der Waals surface area contributed by atoms with Crippen molar-refractivity contribution in [2.24, 2.45) is 0 Å². The maximum atomic E-state index is 12.8. The molecule has 0 atom stereocenters. The van der Waals surface area contributed by atoms with E-state index in [1.807, 2.05) is 11.0 Å². The van der Waals surface area contributed by atoms with Gasteiger partial charge in [-0.05, 0) is 25.5 Å². The second kappa shape index (κ2) is 6.18. The van der Waals surface area contributed by atoms with Crippen molar-refractivity contribution in [3.05, 3.63) is 59.4 Å². The molecule has 0 N–H and O–H groups in total. The van der Waals surface area contributed by atoms with E-state index in [4.69, 9.17) is 0 Å². The van der Waals surface area contributed by atoms with E-state index >= 15 is 0 Å². The van der Waals surface area contributed by atoms with Gasteiger partial charge in [-0.25, -0.2) is 0 Å². The average Bonchev–Trinajstić information content (AvgIpc) is 2.68. The smallest absolute Gasteiger partial charge is 0.257 e. The minimum atomic E-state index is 0.0691. The highest BCUT2D eigenvalue weighted by Gasteiger charge is 2.25. The van der Waals surface area contributed by atoms with Crippen LogP contribution in [0.2, 0.25) is 0 Å². The number of benzene rings is 1. The number of aryl methyl sites for hydroxylation is 1. The highest BCUT2D eigenvalue weighted by Crippen LogP contribution is 2.24. The summed E-state index contributed by atoms with van der Waals surface area (Å²) >= 11 is 0. The Morgan fingerprint density at radius 1 is 1.09 bits per heavy atom. The Morgan fingerprint density at radius 2 is 1.82 bits per heavy atom. The first-order valence-electron chi connectivity index (χ1n) is 7.73. The van der Waals surface area contributed by atoms with Crippen LogP contribution in [0.3, 0.4) is 0 Å². The topological polar surface area (TPSA) is 36.4 Å². The third kappa shape index (κ3) is 2.82. The van der Waals surface area contributed by atoms with Crippen LogP contribution in [-0.4, -0.2) is 35.4 Å². The molecule has 1 aromatic heterocycles. The summed E-state index contributed by atoms with van der Waals surface area (Å²) in [6.07, 6.45) is 3.44. The maximum Gasteiger partial charge on any atom is 0.257 e. The number of pyridine rings is 1. The monoisotopic (exact) mass is 295 g/mol. The van der Waals surface area contributed by atoms with Gasteiger partial charge in [0.1, 0.15) is 0 Å². The Bertz CT molecular complexity index is 666. The van der Waals surface area contributed by atoms with E-state index < -0.39 is 0 Å². The van der Waals surface area contributed by atoms with Crippen LogP contribution in [0.25, 0.3) is 0 Å². The fraction of sp³-hybridized carbons (Fsp3) is 0.333. The molecule has 2 aromatic rings. The number of hydrogen-bond donors (Lipinski definition) is 0. The quantitative estimate of drug-likeness (QED) is 0.873. The van der Waals surface area contributed by atoms with Crippen molar-refractivity contribution in [1.82, 2.24) is 9.88 Å². The largest absolute Gasteiger partial charge is 0.369 e. The van der Waals surface area contributed by atoms with Crippen LogP contribution in [0.4, 0.5) is 5.69 Å². The van der Waals surface area contributed by atoms with Crippen LogP contribution in [-0.2, 0) is 6.54 Å². The third-order valence-corrected chi connectivity index (χ3v) is 4.17. The molecule has 0 aliphatic carbocycles. The zero-order chi connectivity index (χ0) is 15.5. The van der Waals surface area contributed by atoms with Crippen molar-refractivity contribution in [2.45, 2.75) is 20.4 Å². The summed E-state index contributed by atoms with van der Waals surface area (Å²) in [7, 11) is 0. The molecule has 1 amide bonds. The number of carbonyl (C=O) groups excluding carboxylic acids is 1. The fourth-order valence-electron chi connectivity index (χ4n) is 2.85. The highest BCUT2D eigenvalue weighted by atomic mass is 16.2. The molecule has 1 aliphatic rings. The summed E-state index contributed by atoms with van der Waals surface area (Å²) in [5.74, 6) is 0.0691. The molecule has 3 rings (SSSR count). The molecule has 2 heterocycles. The first-order valence-corrected chi connectivity index (χ1v) is 7.73. The van der Waals surface area contributed by atoms with Gasteiger partial charge in [-0.3, -0.25) is 9.78 Å². The van der Waals surface area contributed by atoms with Gasteiger partial charge in [0.05, 0.1) is 11.3 Å². The predicted octanol–water partition coefficient (Wildman–Crippen LogP) is 2.87. The summed E-state index contributed by atoms with van der Waals surface area (Å²) in [6.45, 7) is 7.31. The lowest BCUT2D eigenvalue weighted by Gasteiger charge is -2.23. The van der Waals surface area contributed by atoms with Crippen molar-refractivity contribution in [3.8, 4) is 0 Å². The van der Waals surface area contributed by atoms with Crippen LogP contribution < -0.4 is 4.90 Å². The fourth-order valence-corrected chi connectivity index (χ4v) is 2.85. The zero-order valence-electron chi connectivity index (χ0n) is 13.1. The molecular formula is C18H21N3O. The van der Waals surface area contributed by atoms with Crippen LogP contribution in [0.5, 0.6) is 0 Å². The zero-order valence-corrected chi connectivity index (χ0v) is 13.1. The Balaban J connectivity index is 1.88. The molecule has 0 bridgehead atoms. The Morgan fingerprint density at radius 3 is 2.55 bits per heavy atom. The molecule has 22 heavy (non-hydrogen) atoms. The third-order valence-electron chi connectivity index (χ3n) is 4.17. The second-order valence-corrected chi connectivity index (χ2v) is 5.68. The van der Waals surface area contributed by atoms with Gasteiger partial charge in [0.15, 0.2) is 0 Å². The van der Waals surface area contributed by atoms with Gasteiger partial charge in [0, 0.05) is 38.6 Å². The number of carbonyl (C=O) groups is 1. The number of nitrogens with zero attached hydrogens (tertiary/aromatic N) is 3. The molecule has 1 aliphatic heterocycles. The molecule has 4 nitrogen and oxygen atoms in total. The summed E-state index contributed by atoms with van der Waals surface area (Å²) < 4.78 is 0. The molecule has 0 fully saturated rings. The van der Waals surface area contributed by atoms with E-state index in [-0.39, 0.29) is 5.91 Å². The van der Waals surface area contributed by atoms with Crippen LogP contribution in [0.1, 0.15) is 28.4 Å². The van der Waals surface area contributed by atoms with Gasteiger partial charge in [-0.2, -0.15) is 0 Å². The Labute approximate surface area is 131 Å². The molecule has 0 spiro atoms. The van der Waals surface area contributed by atoms with Crippen LogP contribution in [0.15, 0.2) is 42.7 Å². The second-order valence-electron chi connectivity index (χ2n) is 5.68. The summed E-state index contributed by atoms with van der Waals surface area (Å²) in [6, 6.07) is 10.3. The van der Waals surface area contributed by atoms with E-state index in [0.29, 0.717) is 12.1 Å². The molecular weight excluding hydrogens is 274 g/mol. The van der Waals surface area contributed by atoms with Crippen molar-refractivity contribution in [1.29, 1.82) is 0 Å². The van der Waals surface area contributed by atoms with Gasteiger partial charge in [0.25, 0.3) is 5.91 Å². The number of aromatic nitrogens is 1. The maximum absolute atomic E-state index is 12.8. The number of hydrogen-bond acceptors (Lipinski definition) is 3. The first-order chi connectivity index (χ1) is 10.7. The highest BCUT2D eigenvalue weighted by molar-refractivity contribution is 6.00. The Hall–Kier alpha value is -2.36. The van der Waals surface area contributed by atoms with E-state index in [0.717, 1.165) is 30.9 Å². The molecule has 0 unspecified atom stereocenters. The van der Waals surface area contributed by atoms with Gasteiger partial charge in [0.2, 0.25) is 0 Å². The minimum absolute atomic E-state index is 0.0691. The van der Waals surface area contributed by atoms with E-state index in [2.05, 4.69) is 48.0 Å². The number of fused-ring (bicyclic) bond motifs is 1. The van der Waals surface area contributed by atoms with E-state index in [9.17, 15) is 4.79 Å². The molecule has 0 radical (unpaired) electrons. The molecule has 114 valence electrons. The first kappa shape index (κ1) is 14.6. The average molecular weight is 295 g/mol. The lowest BCUT2D eigenvalue weighted by atomic mass is 10.1. The SMILES string of the molecule is CCN1CCN(Cc2ccc(C)cc2)C(=O)c2cnccc21. The minimum Gasteiger partial charge on any atom is -0.369 e. The Kier molecular flexibility index (Phi) is 4.09. The lowest BCUT2D eigenvalue weighted by Crippen LogP contribution is -2.34. The summed E-state index contributed by atoms with van der Waals surface area (Å²) in [5, 5.41) is 0. The predicted molar refractivity (Wildman–Crippen MR) is 88.0 cm³/mol. The molecule has 0 saturated heterocycles. The van der Waals surface area contributed by atoms with E-state index in [1.54, 1.807) is 12.4 Å². The number of anilines is 1. The lowest BCUT2D eigenvalue weighted by molar-refractivity contribution is 0.0754. The summed E-state index contributed by atoms with van der Waals surface area (Å²) in [4.78, 5) is 21.1. The van der Waals surface area contributed by atoms with Gasteiger partial charge in [-0.1, -0.05) is 29.8 Å². The van der Waals surface area contributed by atoms with E-state index in [1.165, 1.54) is 5.56 Å². The van der Waals surface area contributed by atoms with Crippen molar-refractivity contribution >= 4 is 11.6 Å². The van der Waals surface area contributed by atoms with Gasteiger partial charge < -0.3 is 9.80 Å².